The molecular weight excluding hydrogens is 252 g/mol. The molecule has 2 N–H and O–H groups in total. The van der Waals surface area contributed by atoms with Crippen molar-refractivity contribution in [3.8, 4) is 0 Å². The molecule has 0 bridgehead atoms. The molecule has 1 atom stereocenters. The average molecular weight is 272 g/mol. The van der Waals surface area contributed by atoms with Crippen molar-refractivity contribution in [2.45, 2.75) is 44.1 Å². The van der Waals surface area contributed by atoms with Crippen LogP contribution in [0, 0.1) is 0 Å². The molecular formula is C16H20N2S. The summed E-state index contributed by atoms with van der Waals surface area (Å²) in [7, 11) is 0. The Morgan fingerprint density at radius 2 is 1.95 bits per heavy atom. The van der Waals surface area contributed by atoms with E-state index >= 15 is 0 Å². The molecule has 0 spiro atoms. The molecule has 1 saturated carbocycles. The average Bonchev–Trinajstić information content (AvgIpc) is 3.10. The van der Waals surface area contributed by atoms with Crippen molar-refractivity contribution < 1.29 is 0 Å². The van der Waals surface area contributed by atoms with Crippen LogP contribution in [0.3, 0.4) is 0 Å². The number of benzene rings is 1. The number of rotatable bonds is 4. The molecule has 1 fully saturated rings. The molecule has 2 nitrogen and oxygen atoms in total. The van der Waals surface area contributed by atoms with Crippen LogP contribution in [0.25, 0.3) is 0 Å². The summed E-state index contributed by atoms with van der Waals surface area (Å²) in [6.45, 7) is 0. The molecule has 3 rings (SSSR count). The SMILES string of the molecule is NC(Cc1csc(C2CCCC2)n1)c1ccccc1. The predicted molar refractivity (Wildman–Crippen MR) is 80.4 cm³/mol. The summed E-state index contributed by atoms with van der Waals surface area (Å²) in [5.41, 5.74) is 8.60. The quantitative estimate of drug-likeness (QED) is 0.912. The van der Waals surface area contributed by atoms with Gasteiger partial charge in [0.2, 0.25) is 0 Å². The summed E-state index contributed by atoms with van der Waals surface area (Å²) >= 11 is 1.82. The van der Waals surface area contributed by atoms with E-state index in [9.17, 15) is 0 Å². The topological polar surface area (TPSA) is 38.9 Å². The third kappa shape index (κ3) is 3.04. The summed E-state index contributed by atoms with van der Waals surface area (Å²) < 4.78 is 0. The Bertz CT molecular complexity index is 515. The largest absolute Gasteiger partial charge is 0.324 e. The Balaban J connectivity index is 1.66. The maximum atomic E-state index is 6.25. The molecule has 1 unspecified atom stereocenters. The van der Waals surface area contributed by atoms with Crippen LogP contribution in [0.5, 0.6) is 0 Å². The van der Waals surface area contributed by atoms with Crippen molar-refractivity contribution in [3.63, 3.8) is 0 Å². The summed E-state index contributed by atoms with van der Waals surface area (Å²) in [6.07, 6.45) is 6.20. The van der Waals surface area contributed by atoms with Crippen molar-refractivity contribution in [3.05, 3.63) is 52.0 Å². The fraction of sp³-hybridized carbons (Fsp3) is 0.438. The van der Waals surface area contributed by atoms with Gasteiger partial charge in [-0.05, 0) is 18.4 Å². The van der Waals surface area contributed by atoms with Gasteiger partial charge in [-0.2, -0.15) is 0 Å². The number of hydrogen-bond donors (Lipinski definition) is 1. The predicted octanol–water partition coefficient (Wildman–Crippen LogP) is 4.04. The molecule has 3 heteroatoms. The van der Waals surface area contributed by atoms with Gasteiger partial charge >= 0.3 is 0 Å². The Hall–Kier alpha value is -1.19. The van der Waals surface area contributed by atoms with Gasteiger partial charge in [-0.1, -0.05) is 43.2 Å². The maximum Gasteiger partial charge on any atom is 0.0959 e. The number of aromatic nitrogens is 1. The van der Waals surface area contributed by atoms with Crippen LogP contribution in [0.1, 0.15) is 53.9 Å². The van der Waals surface area contributed by atoms with Crippen LogP contribution in [0.4, 0.5) is 0 Å². The molecule has 1 heterocycles. The van der Waals surface area contributed by atoms with Crippen molar-refractivity contribution in [2.75, 3.05) is 0 Å². The molecule has 1 aliphatic carbocycles. The minimum absolute atomic E-state index is 0.0553. The third-order valence-corrected chi connectivity index (χ3v) is 4.99. The second kappa shape index (κ2) is 5.85. The molecule has 19 heavy (non-hydrogen) atoms. The molecule has 0 amide bonds. The molecule has 1 aliphatic rings. The number of thiazole rings is 1. The molecule has 100 valence electrons. The highest BCUT2D eigenvalue weighted by molar-refractivity contribution is 7.09. The lowest BCUT2D eigenvalue weighted by Gasteiger charge is -2.10. The standard InChI is InChI=1S/C16H20N2S/c17-15(12-6-2-1-3-7-12)10-14-11-19-16(18-14)13-8-4-5-9-13/h1-3,6-7,11,13,15H,4-5,8-10,17H2. The van der Waals surface area contributed by atoms with E-state index < -0.39 is 0 Å². The second-order valence-electron chi connectivity index (χ2n) is 5.38. The van der Waals surface area contributed by atoms with Crippen molar-refractivity contribution >= 4 is 11.3 Å². The second-order valence-corrected chi connectivity index (χ2v) is 6.27. The molecule has 1 aromatic carbocycles. The van der Waals surface area contributed by atoms with Gasteiger partial charge in [0.1, 0.15) is 0 Å². The minimum atomic E-state index is 0.0553. The van der Waals surface area contributed by atoms with E-state index in [1.807, 2.05) is 29.5 Å². The van der Waals surface area contributed by atoms with Gasteiger partial charge < -0.3 is 5.73 Å². The zero-order chi connectivity index (χ0) is 13.1. The van der Waals surface area contributed by atoms with E-state index in [1.165, 1.54) is 36.3 Å². The Morgan fingerprint density at radius 1 is 1.21 bits per heavy atom. The van der Waals surface area contributed by atoms with Gasteiger partial charge in [0.15, 0.2) is 0 Å². The first-order valence-corrected chi connectivity index (χ1v) is 7.96. The van der Waals surface area contributed by atoms with Crippen LogP contribution in [-0.2, 0) is 6.42 Å². The maximum absolute atomic E-state index is 6.25. The number of nitrogens with zero attached hydrogens (tertiary/aromatic N) is 1. The molecule has 0 radical (unpaired) electrons. The fourth-order valence-corrected chi connectivity index (χ4v) is 3.82. The van der Waals surface area contributed by atoms with Crippen molar-refractivity contribution in [1.29, 1.82) is 0 Å². The van der Waals surface area contributed by atoms with E-state index in [1.54, 1.807) is 0 Å². The Kier molecular flexibility index (Phi) is 3.95. The summed E-state index contributed by atoms with van der Waals surface area (Å²) in [5, 5.41) is 3.52. The number of nitrogens with two attached hydrogens (primary N) is 1. The van der Waals surface area contributed by atoms with E-state index in [2.05, 4.69) is 17.5 Å². The Labute approximate surface area is 118 Å². The van der Waals surface area contributed by atoms with Crippen LogP contribution >= 0.6 is 11.3 Å². The molecule has 2 aromatic rings. The first-order chi connectivity index (χ1) is 9.33. The highest BCUT2D eigenvalue weighted by Gasteiger charge is 2.20. The first-order valence-electron chi connectivity index (χ1n) is 7.08. The molecule has 1 aromatic heterocycles. The van der Waals surface area contributed by atoms with Gasteiger partial charge in [-0.15, -0.1) is 11.3 Å². The van der Waals surface area contributed by atoms with Gasteiger partial charge in [0.05, 0.1) is 10.7 Å². The van der Waals surface area contributed by atoms with E-state index in [0.29, 0.717) is 5.92 Å². The Morgan fingerprint density at radius 3 is 2.68 bits per heavy atom. The number of hydrogen-bond acceptors (Lipinski definition) is 3. The van der Waals surface area contributed by atoms with Crippen LogP contribution in [-0.4, -0.2) is 4.98 Å². The smallest absolute Gasteiger partial charge is 0.0959 e. The monoisotopic (exact) mass is 272 g/mol. The zero-order valence-corrected chi connectivity index (χ0v) is 11.9. The zero-order valence-electron chi connectivity index (χ0n) is 11.1. The highest BCUT2D eigenvalue weighted by Crippen LogP contribution is 2.35. The normalized spacial score (nSPS) is 17.7. The summed E-state index contributed by atoms with van der Waals surface area (Å²) in [5.74, 6) is 0.715. The summed E-state index contributed by atoms with van der Waals surface area (Å²) in [4.78, 5) is 4.80. The lowest BCUT2D eigenvalue weighted by atomic mass is 10.0. The van der Waals surface area contributed by atoms with Crippen LogP contribution < -0.4 is 5.73 Å². The molecule has 0 saturated heterocycles. The van der Waals surface area contributed by atoms with E-state index in [0.717, 1.165) is 12.1 Å². The van der Waals surface area contributed by atoms with Gasteiger partial charge in [0, 0.05) is 23.8 Å². The van der Waals surface area contributed by atoms with E-state index in [-0.39, 0.29) is 6.04 Å². The molecule has 0 aliphatic heterocycles. The minimum Gasteiger partial charge on any atom is -0.324 e. The lowest BCUT2D eigenvalue weighted by molar-refractivity contribution is 0.685. The highest BCUT2D eigenvalue weighted by atomic mass is 32.1. The first kappa shape index (κ1) is 12.8. The fourth-order valence-electron chi connectivity index (χ4n) is 2.82. The van der Waals surface area contributed by atoms with Crippen LogP contribution in [0.2, 0.25) is 0 Å². The van der Waals surface area contributed by atoms with Crippen molar-refractivity contribution in [2.24, 2.45) is 5.73 Å². The lowest BCUT2D eigenvalue weighted by Crippen LogP contribution is -2.13. The van der Waals surface area contributed by atoms with Gasteiger partial charge in [-0.25, -0.2) is 4.98 Å². The van der Waals surface area contributed by atoms with Crippen LogP contribution in [0.15, 0.2) is 35.7 Å². The van der Waals surface area contributed by atoms with Crippen molar-refractivity contribution in [1.82, 2.24) is 4.98 Å². The third-order valence-electron chi connectivity index (χ3n) is 3.93. The van der Waals surface area contributed by atoms with Gasteiger partial charge in [-0.3, -0.25) is 0 Å². The summed E-state index contributed by atoms with van der Waals surface area (Å²) in [6, 6.07) is 10.3. The van der Waals surface area contributed by atoms with Gasteiger partial charge in [0.25, 0.3) is 0 Å². The van der Waals surface area contributed by atoms with E-state index in [4.69, 9.17) is 10.7 Å².